The Hall–Kier alpha value is -2.28. The van der Waals surface area contributed by atoms with E-state index >= 15 is 0 Å². The SMILES string of the molecule is CC(C)CC(N)C(=O)Nc1cccc(-c2nn[nH]n2)c1. The van der Waals surface area contributed by atoms with Crippen LogP contribution in [0, 0.1) is 5.92 Å². The smallest absolute Gasteiger partial charge is 0.241 e. The van der Waals surface area contributed by atoms with Gasteiger partial charge in [-0.2, -0.15) is 5.21 Å². The lowest BCUT2D eigenvalue weighted by Crippen LogP contribution is -2.36. The first-order valence-electron chi connectivity index (χ1n) is 6.46. The lowest BCUT2D eigenvalue weighted by Gasteiger charge is -2.14. The number of tetrazole rings is 1. The molecule has 0 spiro atoms. The highest BCUT2D eigenvalue weighted by Crippen LogP contribution is 2.18. The highest BCUT2D eigenvalue weighted by molar-refractivity contribution is 5.95. The first kappa shape index (κ1) is 14.1. The zero-order valence-electron chi connectivity index (χ0n) is 11.5. The van der Waals surface area contributed by atoms with Crippen LogP contribution < -0.4 is 11.1 Å². The first-order chi connectivity index (χ1) is 9.56. The van der Waals surface area contributed by atoms with Gasteiger partial charge in [-0.3, -0.25) is 4.79 Å². The second kappa shape index (κ2) is 6.25. The van der Waals surface area contributed by atoms with Gasteiger partial charge >= 0.3 is 0 Å². The molecule has 7 heteroatoms. The maximum absolute atomic E-state index is 12.0. The van der Waals surface area contributed by atoms with Crippen LogP contribution in [0.5, 0.6) is 0 Å². The highest BCUT2D eigenvalue weighted by Gasteiger charge is 2.15. The maximum atomic E-state index is 12.0. The van der Waals surface area contributed by atoms with Gasteiger partial charge in [0.1, 0.15) is 0 Å². The van der Waals surface area contributed by atoms with Crippen molar-refractivity contribution in [3.8, 4) is 11.4 Å². The Morgan fingerprint density at radius 3 is 2.90 bits per heavy atom. The van der Waals surface area contributed by atoms with Crippen LogP contribution in [0.1, 0.15) is 20.3 Å². The number of aromatic amines is 1. The van der Waals surface area contributed by atoms with Crippen molar-refractivity contribution in [1.82, 2.24) is 20.6 Å². The average molecular weight is 274 g/mol. The van der Waals surface area contributed by atoms with Gasteiger partial charge in [0.15, 0.2) is 0 Å². The molecule has 0 saturated heterocycles. The Labute approximate surface area is 117 Å². The molecule has 7 nitrogen and oxygen atoms in total. The molecule has 106 valence electrons. The molecule has 0 radical (unpaired) electrons. The number of hydrogen-bond donors (Lipinski definition) is 3. The molecule has 4 N–H and O–H groups in total. The fourth-order valence-corrected chi connectivity index (χ4v) is 1.87. The minimum Gasteiger partial charge on any atom is -0.325 e. The van der Waals surface area contributed by atoms with Gasteiger partial charge in [0.2, 0.25) is 11.7 Å². The molecular weight excluding hydrogens is 256 g/mol. The number of carbonyl (C=O) groups is 1. The molecule has 1 unspecified atom stereocenters. The lowest BCUT2D eigenvalue weighted by atomic mass is 10.0. The Kier molecular flexibility index (Phi) is 4.41. The number of anilines is 1. The fourth-order valence-electron chi connectivity index (χ4n) is 1.87. The number of nitrogens with one attached hydrogen (secondary N) is 2. The number of carbonyl (C=O) groups excluding carboxylic acids is 1. The molecule has 0 saturated carbocycles. The summed E-state index contributed by atoms with van der Waals surface area (Å²) in [7, 11) is 0. The lowest BCUT2D eigenvalue weighted by molar-refractivity contribution is -0.117. The van der Waals surface area contributed by atoms with E-state index in [4.69, 9.17) is 5.73 Å². The average Bonchev–Trinajstić information content (AvgIpc) is 2.92. The van der Waals surface area contributed by atoms with E-state index in [0.717, 1.165) is 5.56 Å². The van der Waals surface area contributed by atoms with Gasteiger partial charge in [0.25, 0.3) is 0 Å². The van der Waals surface area contributed by atoms with Crippen LogP contribution in [0.15, 0.2) is 24.3 Å². The Bertz CT molecular complexity index is 566. The third kappa shape index (κ3) is 3.61. The minimum absolute atomic E-state index is 0.191. The molecule has 0 bridgehead atoms. The van der Waals surface area contributed by atoms with Crippen molar-refractivity contribution in [1.29, 1.82) is 0 Å². The second-order valence-corrected chi connectivity index (χ2v) is 5.04. The molecule has 2 aromatic rings. The number of aromatic nitrogens is 4. The molecular formula is C13H18N6O. The molecule has 0 aliphatic heterocycles. The molecule has 2 rings (SSSR count). The highest BCUT2D eigenvalue weighted by atomic mass is 16.2. The topological polar surface area (TPSA) is 110 Å². The summed E-state index contributed by atoms with van der Waals surface area (Å²) in [6.07, 6.45) is 0.649. The Morgan fingerprint density at radius 2 is 2.25 bits per heavy atom. The first-order valence-corrected chi connectivity index (χ1v) is 6.46. The van der Waals surface area contributed by atoms with Crippen LogP contribution in [-0.4, -0.2) is 32.6 Å². The number of amides is 1. The van der Waals surface area contributed by atoms with Gasteiger partial charge in [0.05, 0.1) is 6.04 Å². The van der Waals surface area contributed by atoms with Crippen molar-refractivity contribution < 1.29 is 4.79 Å². The van der Waals surface area contributed by atoms with E-state index < -0.39 is 6.04 Å². The summed E-state index contributed by atoms with van der Waals surface area (Å²) in [4.78, 5) is 12.0. The second-order valence-electron chi connectivity index (χ2n) is 5.04. The molecule has 1 amide bonds. The zero-order valence-corrected chi connectivity index (χ0v) is 11.5. The number of nitrogens with zero attached hydrogens (tertiary/aromatic N) is 3. The van der Waals surface area contributed by atoms with Gasteiger partial charge < -0.3 is 11.1 Å². The van der Waals surface area contributed by atoms with Crippen molar-refractivity contribution in [3.63, 3.8) is 0 Å². The molecule has 0 fully saturated rings. The van der Waals surface area contributed by atoms with E-state index in [1.54, 1.807) is 12.1 Å². The quantitative estimate of drug-likeness (QED) is 0.758. The monoisotopic (exact) mass is 274 g/mol. The molecule has 20 heavy (non-hydrogen) atoms. The van der Waals surface area contributed by atoms with Crippen LogP contribution in [0.3, 0.4) is 0 Å². The number of hydrogen-bond acceptors (Lipinski definition) is 5. The predicted molar refractivity (Wildman–Crippen MR) is 75.7 cm³/mol. The summed E-state index contributed by atoms with van der Waals surface area (Å²) in [5.41, 5.74) is 7.28. The van der Waals surface area contributed by atoms with E-state index in [2.05, 4.69) is 25.9 Å². The Balaban J connectivity index is 2.07. The number of benzene rings is 1. The molecule has 1 atom stereocenters. The van der Waals surface area contributed by atoms with Gasteiger partial charge in [-0.1, -0.05) is 26.0 Å². The normalized spacial score (nSPS) is 12.4. The zero-order chi connectivity index (χ0) is 14.5. The molecule has 0 aliphatic rings. The largest absolute Gasteiger partial charge is 0.325 e. The van der Waals surface area contributed by atoms with E-state index in [1.165, 1.54) is 0 Å². The molecule has 1 heterocycles. The van der Waals surface area contributed by atoms with Crippen LogP contribution >= 0.6 is 0 Å². The van der Waals surface area contributed by atoms with Crippen molar-refractivity contribution in [2.75, 3.05) is 5.32 Å². The predicted octanol–water partition coefficient (Wildman–Crippen LogP) is 1.18. The summed E-state index contributed by atoms with van der Waals surface area (Å²) in [6, 6.07) is 6.72. The van der Waals surface area contributed by atoms with E-state index in [1.807, 2.05) is 26.0 Å². The third-order valence-electron chi connectivity index (χ3n) is 2.80. The van der Waals surface area contributed by atoms with E-state index in [9.17, 15) is 4.79 Å². The van der Waals surface area contributed by atoms with E-state index in [0.29, 0.717) is 23.9 Å². The molecule has 0 aliphatic carbocycles. The number of rotatable bonds is 5. The fraction of sp³-hybridized carbons (Fsp3) is 0.385. The van der Waals surface area contributed by atoms with Crippen LogP contribution in [-0.2, 0) is 4.79 Å². The maximum Gasteiger partial charge on any atom is 0.241 e. The van der Waals surface area contributed by atoms with Crippen molar-refractivity contribution in [2.45, 2.75) is 26.3 Å². The van der Waals surface area contributed by atoms with Gasteiger partial charge in [-0.05, 0) is 29.7 Å². The summed E-state index contributed by atoms with van der Waals surface area (Å²) in [5, 5.41) is 16.5. The molecule has 1 aromatic heterocycles. The van der Waals surface area contributed by atoms with E-state index in [-0.39, 0.29) is 5.91 Å². The van der Waals surface area contributed by atoms with Crippen molar-refractivity contribution in [3.05, 3.63) is 24.3 Å². The standard InChI is InChI=1S/C13H18N6O/c1-8(2)6-11(14)13(20)15-10-5-3-4-9(7-10)12-16-18-19-17-12/h3-5,7-8,11H,6,14H2,1-2H3,(H,15,20)(H,16,17,18,19). The summed E-state index contributed by atoms with van der Waals surface area (Å²) >= 11 is 0. The summed E-state index contributed by atoms with van der Waals surface area (Å²) in [5.74, 6) is 0.665. The minimum atomic E-state index is -0.510. The van der Waals surface area contributed by atoms with Crippen LogP contribution in [0.2, 0.25) is 0 Å². The Morgan fingerprint density at radius 1 is 1.45 bits per heavy atom. The van der Waals surface area contributed by atoms with Gasteiger partial charge in [0, 0.05) is 11.3 Å². The van der Waals surface area contributed by atoms with Crippen LogP contribution in [0.4, 0.5) is 5.69 Å². The number of H-pyrrole nitrogens is 1. The number of nitrogens with two attached hydrogens (primary N) is 1. The van der Waals surface area contributed by atoms with Crippen LogP contribution in [0.25, 0.3) is 11.4 Å². The summed E-state index contributed by atoms with van der Waals surface area (Å²) < 4.78 is 0. The third-order valence-corrected chi connectivity index (χ3v) is 2.80. The van der Waals surface area contributed by atoms with Gasteiger partial charge in [-0.25, -0.2) is 0 Å². The van der Waals surface area contributed by atoms with Crippen molar-refractivity contribution >= 4 is 11.6 Å². The van der Waals surface area contributed by atoms with Gasteiger partial charge in [-0.15, -0.1) is 10.2 Å². The summed E-state index contributed by atoms with van der Waals surface area (Å²) in [6.45, 7) is 4.06. The van der Waals surface area contributed by atoms with Crippen molar-refractivity contribution in [2.24, 2.45) is 11.7 Å². The molecule has 1 aromatic carbocycles.